The average Bonchev–Trinajstić information content (AvgIpc) is 2.96. The van der Waals surface area contributed by atoms with Crippen LogP contribution in [0.25, 0.3) is 0 Å². The van der Waals surface area contributed by atoms with Gasteiger partial charge in [0.05, 0.1) is 36.9 Å². The summed E-state index contributed by atoms with van der Waals surface area (Å²) in [5.41, 5.74) is 0.314. The fourth-order valence-electron chi connectivity index (χ4n) is 12.5. The Morgan fingerprint density at radius 3 is 2.12 bits per heavy atom. The lowest BCUT2D eigenvalue weighted by molar-refractivity contribution is -0.250. The second-order valence-corrected chi connectivity index (χ2v) is 18.9. The minimum Gasteiger partial charge on any atom is -0.462 e. The summed E-state index contributed by atoms with van der Waals surface area (Å²) in [6.07, 6.45) is 8.51. The number of fused-ring (bicyclic) bond motifs is 7. The van der Waals surface area contributed by atoms with E-state index < -0.39 is 34.6 Å². The third-order valence-corrected chi connectivity index (χ3v) is 15.3. The molecule has 5 rings (SSSR count). The molecule has 0 saturated heterocycles. The van der Waals surface area contributed by atoms with E-state index >= 15 is 0 Å². The highest BCUT2D eigenvalue weighted by Gasteiger charge is 2.72. The topological polar surface area (TPSA) is 124 Å². The summed E-state index contributed by atoms with van der Waals surface area (Å²) in [5.74, 6) is -0.553. The number of aliphatic hydroxyl groups excluding tert-OH is 4. The third-order valence-electron chi connectivity index (χ3n) is 15.3. The Kier molecular flexibility index (Phi) is 9.72. The highest BCUT2D eigenvalue weighted by atomic mass is 16.5. The van der Waals surface area contributed by atoms with Crippen LogP contribution in [0.4, 0.5) is 0 Å². The molecule has 4 N–H and O–H groups in total. The molecule has 0 heterocycles. The summed E-state index contributed by atoms with van der Waals surface area (Å²) in [7, 11) is 0. The molecule has 270 valence electrons. The molecule has 12 atom stereocenters. The summed E-state index contributed by atoms with van der Waals surface area (Å²) in [6, 6.07) is 0. The van der Waals surface area contributed by atoms with Gasteiger partial charge < -0.3 is 25.2 Å². The minimum atomic E-state index is -1.14. The summed E-state index contributed by atoms with van der Waals surface area (Å²) in [4.78, 5) is 25.6. The summed E-state index contributed by atoms with van der Waals surface area (Å²) in [6.45, 7) is 20.9. The number of ketones is 1. The lowest BCUT2D eigenvalue weighted by atomic mass is 9.32. The van der Waals surface area contributed by atoms with Crippen molar-refractivity contribution in [2.45, 2.75) is 139 Å². The average molecular weight is 669 g/mol. The van der Waals surface area contributed by atoms with E-state index in [0.717, 1.165) is 36.8 Å². The number of carbonyl (C=O) groups is 2. The first-order chi connectivity index (χ1) is 22.1. The molecule has 48 heavy (non-hydrogen) atoms. The van der Waals surface area contributed by atoms with Crippen molar-refractivity contribution in [3.63, 3.8) is 0 Å². The standard InChI is InChI=1S/C41H64O7/c1-24(2)17-26(43)19-28-35(47)41(22-42)29(20-36(28,5)6)27-11-12-31-37(7)15-14-32(44)38(8,23-48-34(46)18-25(3)4)30(37)13-16-39(31,9)40(27,10)21-33(41)45/h11,17-18,28-33,35,42,44-45,47H,12-16,19-23H2,1-10H3/t28-,29?,30?,31?,32-,33+,35-,37-,38+,39+,40+,41-/m0/s1. The molecule has 7 heteroatoms. The van der Waals surface area contributed by atoms with Gasteiger partial charge in [0, 0.05) is 17.9 Å². The Morgan fingerprint density at radius 2 is 1.52 bits per heavy atom. The number of allylic oxidation sites excluding steroid dienone is 5. The first-order valence-electron chi connectivity index (χ1n) is 18.5. The molecule has 4 fully saturated rings. The van der Waals surface area contributed by atoms with E-state index in [1.54, 1.807) is 6.08 Å². The zero-order valence-corrected chi connectivity index (χ0v) is 31.4. The number of hydrogen-bond donors (Lipinski definition) is 4. The first kappa shape index (κ1) is 37.5. The van der Waals surface area contributed by atoms with Crippen LogP contribution in [-0.4, -0.2) is 63.7 Å². The third kappa shape index (κ3) is 5.43. The van der Waals surface area contributed by atoms with Crippen molar-refractivity contribution in [2.75, 3.05) is 13.2 Å². The van der Waals surface area contributed by atoms with Crippen LogP contribution in [0.1, 0.15) is 121 Å². The number of rotatable bonds is 7. The van der Waals surface area contributed by atoms with Gasteiger partial charge in [0.1, 0.15) is 0 Å². The maximum atomic E-state index is 13.0. The fraction of sp³-hybridized carbons (Fsp3) is 0.805. The molecular weight excluding hydrogens is 604 g/mol. The maximum absolute atomic E-state index is 13.0. The van der Waals surface area contributed by atoms with E-state index in [0.29, 0.717) is 19.3 Å². The van der Waals surface area contributed by atoms with Gasteiger partial charge in [-0.2, -0.15) is 0 Å². The van der Waals surface area contributed by atoms with Crippen LogP contribution < -0.4 is 0 Å². The largest absolute Gasteiger partial charge is 0.462 e. The van der Waals surface area contributed by atoms with Crippen molar-refractivity contribution in [2.24, 2.45) is 56.2 Å². The SMILES string of the molecule is CC(C)=CC(=O)C[C@H]1[C@H](O)[C@@]2(CO)C(CC1(C)C)C1=CCC3[C@@]4(C)CC[C@H](O)[C@](C)(COC(=O)C=C(C)C)C4CC[C@@]3(C)[C@]1(C)C[C@H]2O. The van der Waals surface area contributed by atoms with Gasteiger partial charge in [0.2, 0.25) is 0 Å². The predicted molar refractivity (Wildman–Crippen MR) is 188 cm³/mol. The van der Waals surface area contributed by atoms with Gasteiger partial charge in [-0.25, -0.2) is 4.79 Å². The molecule has 0 spiro atoms. The minimum absolute atomic E-state index is 0.0256. The van der Waals surface area contributed by atoms with Crippen LogP contribution in [-0.2, 0) is 14.3 Å². The zero-order chi connectivity index (χ0) is 35.8. The molecular formula is C41H64O7. The molecule has 5 aliphatic rings. The molecule has 0 aromatic rings. The van der Waals surface area contributed by atoms with Gasteiger partial charge in [0.25, 0.3) is 0 Å². The molecule has 3 unspecified atom stereocenters. The Morgan fingerprint density at radius 1 is 0.875 bits per heavy atom. The lowest BCUT2D eigenvalue weighted by Gasteiger charge is -2.72. The van der Waals surface area contributed by atoms with Crippen LogP contribution in [0.2, 0.25) is 0 Å². The Bertz CT molecular complexity index is 1380. The number of hydrogen-bond acceptors (Lipinski definition) is 7. The van der Waals surface area contributed by atoms with Crippen LogP contribution in [0.3, 0.4) is 0 Å². The van der Waals surface area contributed by atoms with E-state index in [4.69, 9.17) is 4.74 Å². The number of carbonyl (C=O) groups excluding carboxylic acids is 2. The van der Waals surface area contributed by atoms with E-state index in [-0.39, 0.29) is 71.3 Å². The second-order valence-electron chi connectivity index (χ2n) is 18.9. The predicted octanol–water partition coefficient (Wildman–Crippen LogP) is 6.72. The van der Waals surface area contributed by atoms with E-state index in [9.17, 15) is 30.0 Å². The normalized spacial score (nSPS) is 46.0. The molecule has 5 aliphatic carbocycles. The molecule has 4 saturated carbocycles. The van der Waals surface area contributed by atoms with Crippen molar-refractivity contribution in [3.05, 3.63) is 34.9 Å². The Labute approximate surface area is 289 Å². The Balaban J connectivity index is 1.52. The smallest absolute Gasteiger partial charge is 0.330 e. The molecule has 0 bridgehead atoms. The molecule has 0 aromatic heterocycles. The van der Waals surface area contributed by atoms with Crippen molar-refractivity contribution < 1.29 is 34.8 Å². The Hall–Kier alpha value is -1.80. The van der Waals surface area contributed by atoms with Crippen LogP contribution >= 0.6 is 0 Å². The van der Waals surface area contributed by atoms with Crippen LogP contribution in [0.15, 0.2) is 34.9 Å². The fourth-order valence-corrected chi connectivity index (χ4v) is 12.5. The van der Waals surface area contributed by atoms with Crippen molar-refractivity contribution in [1.82, 2.24) is 0 Å². The zero-order valence-electron chi connectivity index (χ0n) is 31.4. The van der Waals surface area contributed by atoms with Gasteiger partial charge in [-0.05, 0) is 124 Å². The molecule has 0 aliphatic heterocycles. The molecule has 0 radical (unpaired) electrons. The first-order valence-corrected chi connectivity index (χ1v) is 18.5. The summed E-state index contributed by atoms with van der Waals surface area (Å²) < 4.78 is 5.81. The number of ether oxygens (including phenoxy) is 1. The number of esters is 1. The lowest BCUT2D eigenvalue weighted by Crippen LogP contribution is -2.71. The maximum Gasteiger partial charge on any atom is 0.330 e. The summed E-state index contributed by atoms with van der Waals surface area (Å²) in [5, 5.41) is 47.1. The van der Waals surface area contributed by atoms with Crippen molar-refractivity contribution >= 4 is 11.8 Å². The number of aliphatic hydroxyl groups is 4. The van der Waals surface area contributed by atoms with Crippen molar-refractivity contribution in [3.8, 4) is 0 Å². The molecule has 7 nitrogen and oxygen atoms in total. The highest BCUT2D eigenvalue weighted by molar-refractivity contribution is 5.90. The van der Waals surface area contributed by atoms with Crippen molar-refractivity contribution in [1.29, 1.82) is 0 Å². The van der Waals surface area contributed by atoms with Gasteiger partial charge in [-0.3, -0.25) is 4.79 Å². The summed E-state index contributed by atoms with van der Waals surface area (Å²) >= 11 is 0. The van der Waals surface area contributed by atoms with Gasteiger partial charge in [0.15, 0.2) is 5.78 Å². The monoisotopic (exact) mass is 668 g/mol. The highest BCUT2D eigenvalue weighted by Crippen LogP contribution is 2.76. The quantitative estimate of drug-likeness (QED) is 0.135. The molecule has 0 aromatic carbocycles. The second kappa shape index (κ2) is 12.5. The van der Waals surface area contributed by atoms with E-state index in [1.807, 2.05) is 27.7 Å². The van der Waals surface area contributed by atoms with Gasteiger partial charge in [-0.15, -0.1) is 0 Å². The van der Waals surface area contributed by atoms with E-state index in [1.165, 1.54) is 11.6 Å². The van der Waals surface area contributed by atoms with E-state index in [2.05, 4.69) is 47.6 Å². The van der Waals surface area contributed by atoms with Crippen LogP contribution in [0.5, 0.6) is 0 Å². The van der Waals surface area contributed by atoms with Gasteiger partial charge >= 0.3 is 5.97 Å². The van der Waals surface area contributed by atoms with Crippen LogP contribution in [0, 0.1) is 56.2 Å². The molecule has 0 amide bonds. The van der Waals surface area contributed by atoms with Gasteiger partial charge in [-0.1, -0.05) is 64.3 Å².